The fourth-order valence-electron chi connectivity index (χ4n) is 0.356. The maximum atomic E-state index is 10.7. The number of hydrogen-bond acceptors (Lipinski definition) is 4. The first kappa shape index (κ1) is 10.4. The van der Waals surface area contributed by atoms with Crippen molar-refractivity contribution in [2.24, 2.45) is 0 Å². The van der Waals surface area contributed by atoms with Gasteiger partial charge >= 0.3 is 19.5 Å². The molecule has 1 atom stereocenters. The quantitative estimate of drug-likeness (QED) is 0.479. The summed E-state index contributed by atoms with van der Waals surface area (Å²) in [5, 5.41) is 0. The van der Waals surface area contributed by atoms with E-state index in [-0.39, 0.29) is 6.10 Å². The third-order valence-corrected chi connectivity index (χ3v) is 1.30. The van der Waals surface area contributed by atoms with Crippen molar-refractivity contribution in [3.63, 3.8) is 0 Å². The predicted molar refractivity (Wildman–Crippen MR) is 42.2 cm³/mol. The van der Waals surface area contributed by atoms with Crippen LogP contribution in [0, 0.1) is 0 Å². The third kappa shape index (κ3) is 5.86. The molecule has 60 valence electrons. The SMILES string of the molecule is [B]OC(=O)PC(=O)OC(C)C. The van der Waals surface area contributed by atoms with Crippen LogP contribution in [-0.2, 0) is 9.39 Å². The van der Waals surface area contributed by atoms with Crippen LogP contribution in [-0.4, -0.2) is 25.6 Å². The summed E-state index contributed by atoms with van der Waals surface area (Å²) in [6.45, 7) is 3.38. The lowest BCUT2D eigenvalue weighted by atomic mass is 10.5. The highest BCUT2D eigenvalue weighted by Gasteiger charge is 2.11. The Labute approximate surface area is 67.9 Å². The van der Waals surface area contributed by atoms with E-state index in [0.29, 0.717) is 0 Å². The lowest BCUT2D eigenvalue weighted by molar-refractivity contribution is 0.142. The molecule has 0 aromatic heterocycles. The number of hydrogen-bond donors (Lipinski definition) is 0. The lowest BCUT2D eigenvalue weighted by Gasteiger charge is -2.05. The highest BCUT2D eigenvalue weighted by atomic mass is 31.1. The van der Waals surface area contributed by atoms with Crippen LogP contribution in [0.4, 0.5) is 9.59 Å². The molecule has 0 fully saturated rings. The van der Waals surface area contributed by atoms with E-state index in [1.165, 1.54) is 0 Å². The predicted octanol–water partition coefficient (Wildman–Crippen LogP) is 1.43. The van der Waals surface area contributed by atoms with Gasteiger partial charge in [0.2, 0.25) is 0 Å². The molecule has 0 aliphatic heterocycles. The highest BCUT2D eigenvalue weighted by molar-refractivity contribution is 7.72. The third-order valence-electron chi connectivity index (χ3n) is 0.654. The van der Waals surface area contributed by atoms with Crippen LogP contribution in [0.1, 0.15) is 13.8 Å². The molecule has 0 bridgehead atoms. The molecule has 0 aromatic rings. The van der Waals surface area contributed by atoms with Crippen molar-refractivity contribution in [1.82, 2.24) is 0 Å². The smallest absolute Gasteiger partial charge is 0.378 e. The largest absolute Gasteiger partial charge is 0.540 e. The van der Waals surface area contributed by atoms with Gasteiger partial charge in [-0.15, -0.1) is 0 Å². The van der Waals surface area contributed by atoms with Gasteiger partial charge < -0.3 is 9.39 Å². The second kappa shape index (κ2) is 5.13. The summed E-state index contributed by atoms with van der Waals surface area (Å²) >= 11 is 0. The van der Waals surface area contributed by atoms with E-state index in [1.807, 2.05) is 0 Å². The van der Waals surface area contributed by atoms with Crippen molar-refractivity contribution in [2.45, 2.75) is 20.0 Å². The topological polar surface area (TPSA) is 52.6 Å². The molecule has 0 saturated carbocycles. The maximum absolute atomic E-state index is 10.7. The van der Waals surface area contributed by atoms with Crippen molar-refractivity contribution in [2.75, 3.05) is 0 Å². The van der Waals surface area contributed by atoms with Crippen LogP contribution in [0.15, 0.2) is 0 Å². The van der Waals surface area contributed by atoms with Gasteiger partial charge in [-0.3, -0.25) is 0 Å². The maximum Gasteiger partial charge on any atom is 0.378 e. The number of carbonyl (C=O) groups excluding carboxylic acids is 2. The molecule has 0 rings (SSSR count). The molecule has 4 nitrogen and oxygen atoms in total. The lowest BCUT2D eigenvalue weighted by Crippen LogP contribution is -2.07. The van der Waals surface area contributed by atoms with Gasteiger partial charge in [-0.2, -0.15) is 0 Å². The number of ether oxygens (including phenoxy) is 1. The molecule has 0 amide bonds. The second-order valence-electron chi connectivity index (χ2n) is 1.98. The monoisotopic (exact) mass is 174 g/mol. The van der Waals surface area contributed by atoms with E-state index >= 15 is 0 Å². The van der Waals surface area contributed by atoms with Gasteiger partial charge in [0.25, 0.3) is 0 Å². The average molecular weight is 174 g/mol. The van der Waals surface area contributed by atoms with Crippen LogP contribution < -0.4 is 0 Å². The fraction of sp³-hybridized carbons (Fsp3) is 0.600. The van der Waals surface area contributed by atoms with E-state index in [1.54, 1.807) is 13.8 Å². The van der Waals surface area contributed by atoms with Gasteiger partial charge in [-0.25, -0.2) is 9.59 Å². The molecule has 0 N–H and O–H groups in total. The van der Waals surface area contributed by atoms with Gasteiger partial charge in [0.15, 0.2) is 0 Å². The second-order valence-corrected chi connectivity index (χ2v) is 3.05. The van der Waals surface area contributed by atoms with Crippen molar-refractivity contribution in [3.05, 3.63) is 0 Å². The van der Waals surface area contributed by atoms with Crippen molar-refractivity contribution < 1.29 is 19.0 Å². The zero-order valence-electron chi connectivity index (χ0n) is 6.29. The zero-order valence-corrected chi connectivity index (χ0v) is 7.29. The molecule has 0 aromatic carbocycles. The molecule has 1 unspecified atom stereocenters. The summed E-state index contributed by atoms with van der Waals surface area (Å²) in [7, 11) is 3.83. The van der Waals surface area contributed by atoms with Crippen LogP contribution in [0.3, 0.4) is 0 Å². The van der Waals surface area contributed by atoms with Gasteiger partial charge in [0.1, 0.15) is 8.58 Å². The molecule has 0 aliphatic rings. The van der Waals surface area contributed by atoms with Crippen LogP contribution in [0.25, 0.3) is 0 Å². The highest BCUT2D eigenvalue weighted by Crippen LogP contribution is 2.17. The molecule has 0 spiro atoms. The van der Waals surface area contributed by atoms with Crippen LogP contribution in [0.2, 0.25) is 0 Å². The number of carbonyl (C=O) groups is 2. The van der Waals surface area contributed by atoms with E-state index in [9.17, 15) is 9.59 Å². The Kier molecular flexibility index (Phi) is 4.87. The van der Waals surface area contributed by atoms with Crippen LogP contribution in [0.5, 0.6) is 0 Å². The minimum absolute atomic E-state index is 0.222. The summed E-state index contributed by atoms with van der Waals surface area (Å²) < 4.78 is 8.41. The molecular weight excluding hydrogens is 166 g/mol. The first-order valence-corrected chi connectivity index (χ1v) is 3.94. The summed E-state index contributed by atoms with van der Waals surface area (Å²) in [5.74, 6) is 0. The Hall–Kier alpha value is -0.565. The number of rotatable bonds is 3. The Balaban J connectivity index is 3.61. The summed E-state index contributed by atoms with van der Waals surface area (Å²) in [6, 6.07) is 0. The summed E-state index contributed by atoms with van der Waals surface area (Å²) in [4.78, 5) is 21.0. The minimum Gasteiger partial charge on any atom is -0.540 e. The fourth-order valence-corrected chi connectivity index (χ4v) is 0.877. The Morgan fingerprint density at radius 2 is 1.91 bits per heavy atom. The molecule has 0 saturated heterocycles. The molecule has 11 heavy (non-hydrogen) atoms. The van der Waals surface area contributed by atoms with E-state index < -0.39 is 20.0 Å². The Bertz CT molecular complexity index is 159. The molecule has 0 heterocycles. The van der Waals surface area contributed by atoms with Gasteiger partial charge in [0.05, 0.1) is 6.10 Å². The van der Waals surface area contributed by atoms with Crippen molar-refractivity contribution in [3.8, 4) is 0 Å². The Morgan fingerprint density at radius 1 is 1.36 bits per heavy atom. The standard InChI is InChI=1S/C5H8BO4P/c1-3(2)9-4(7)11-5(8)10-6/h3,11H,1-2H3. The summed E-state index contributed by atoms with van der Waals surface area (Å²) in [5.41, 5.74) is -1.37. The molecule has 2 radical (unpaired) electrons. The Morgan fingerprint density at radius 3 is 2.27 bits per heavy atom. The minimum atomic E-state index is -0.768. The van der Waals surface area contributed by atoms with E-state index in [4.69, 9.17) is 0 Å². The summed E-state index contributed by atoms with van der Waals surface area (Å²) in [6.07, 6.45) is -0.222. The molecule has 0 aliphatic carbocycles. The molecular formula is C5H8BO4P. The molecule has 6 heteroatoms. The van der Waals surface area contributed by atoms with Gasteiger partial charge in [-0.05, 0) is 13.8 Å². The van der Waals surface area contributed by atoms with Crippen molar-refractivity contribution >= 4 is 28.1 Å². The normalized spacial score (nSPS) is 10.5. The first-order valence-electron chi connectivity index (χ1n) is 2.94. The first-order chi connectivity index (χ1) is 5.06. The van der Waals surface area contributed by atoms with E-state index in [0.717, 1.165) is 0 Å². The van der Waals surface area contributed by atoms with Gasteiger partial charge in [-0.1, -0.05) is 0 Å². The van der Waals surface area contributed by atoms with Gasteiger partial charge in [0, 0.05) is 0 Å². The zero-order chi connectivity index (χ0) is 8.85. The van der Waals surface area contributed by atoms with Crippen LogP contribution >= 0.6 is 8.58 Å². The van der Waals surface area contributed by atoms with Crippen molar-refractivity contribution in [1.29, 1.82) is 0 Å². The van der Waals surface area contributed by atoms with E-state index in [2.05, 4.69) is 17.4 Å². The average Bonchev–Trinajstić information content (AvgIpc) is 1.85.